The highest BCUT2D eigenvalue weighted by molar-refractivity contribution is 5.79. The van der Waals surface area contributed by atoms with Crippen molar-refractivity contribution >= 4 is 5.96 Å². The second kappa shape index (κ2) is 13.0. The number of aliphatic imine (C=N–C) groups is 1. The third-order valence-corrected chi connectivity index (χ3v) is 5.50. The van der Waals surface area contributed by atoms with E-state index in [9.17, 15) is 0 Å². The van der Waals surface area contributed by atoms with Gasteiger partial charge in [0.2, 0.25) is 0 Å². The van der Waals surface area contributed by atoms with Gasteiger partial charge in [-0.1, -0.05) is 0 Å². The van der Waals surface area contributed by atoms with E-state index in [1.807, 2.05) is 37.4 Å². The van der Waals surface area contributed by atoms with Gasteiger partial charge in [-0.05, 0) is 30.7 Å². The smallest absolute Gasteiger partial charge is 0.193 e. The molecule has 2 aromatic rings. The lowest BCUT2D eigenvalue weighted by molar-refractivity contribution is 0.0377. The summed E-state index contributed by atoms with van der Waals surface area (Å²) in [7, 11) is 5.39. The molecule has 176 valence electrons. The normalized spacial score (nSPS) is 14.9. The molecule has 0 unspecified atom stereocenters. The van der Waals surface area contributed by atoms with Gasteiger partial charge in [-0.25, -0.2) is 0 Å². The monoisotopic (exact) mass is 444 g/mol. The third-order valence-electron chi connectivity index (χ3n) is 5.50. The number of benzene rings is 1. The molecule has 0 atom stereocenters. The van der Waals surface area contributed by atoms with Crippen molar-refractivity contribution in [1.82, 2.24) is 15.1 Å². The summed E-state index contributed by atoms with van der Waals surface area (Å²) in [6.45, 7) is 6.91. The van der Waals surface area contributed by atoms with Crippen LogP contribution in [0.15, 0.2) is 46.0 Å². The number of ether oxygens (including phenoxy) is 3. The molecule has 0 radical (unpaired) electrons. The zero-order chi connectivity index (χ0) is 22.6. The number of furan rings is 1. The predicted molar refractivity (Wildman–Crippen MR) is 126 cm³/mol. The highest BCUT2D eigenvalue weighted by Gasteiger charge is 2.13. The second-order valence-electron chi connectivity index (χ2n) is 7.80. The number of hydrogen-bond acceptors (Lipinski definition) is 6. The fourth-order valence-electron chi connectivity index (χ4n) is 3.68. The number of nitrogens with one attached hydrogen (secondary N) is 1. The Hall–Kier alpha value is -2.71. The number of methoxy groups -OCH3 is 2. The Balaban J connectivity index is 1.60. The second-order valence-corrected chi connectivity index (χ2v) is 7.80. The van der Waals surface area contributed by atoms with Crippen LogP contribution in [0.1, 0.15) is 17.7 Å². The van der Waals surface area contributed by atoms with Crippen LogP contribution in [0.4, 0.5) is 0 Å². The Bertz CT molecular complexity index is 819. The molecule has 1 aromatic carbocycles. The van der Waals surface area contributed by atoms with Gasteiger partial charge >= 0.3 is 0 Å². The summed E-state index contributed by atoms with van der Waals surface area (Å²) in [6, 6.07) is 9.81. The summed E-state index contributed by atoms with van der Waals surface area (Å²) in [5, 5.41) is 3.49. The van der Waals surface area contributed by atoms with Gasteiger partial charge in [0.25, 0.3) is 0 Å². The molecule has 1 aliphatic rings. The molecular weight excluding hydrogens is 408 g/mol. The van der Waals surface area contributed by atoms with Crippen LogP contribution in [-0.4, -0.2) is 83.0 Å². The summed E-state index contributed by atoms with van der Waals surface area (Å²) in [5.74, 6) is 3.42. The Morgan fingerprint density at radius 3 is 2.75 bits per heavy atom. The summed E-state index contributed by atoms with van der Waals surface area (Å²) in [6.07, 6.45) is 3.53. The number of hydrogen-bond donors (Lipinski definition) is 1. The molecule has 1 fully saturated rings. The van der Waals surface area contributed by atoms with Gasteiger partial charge < -0.3 is 28.8 Å². The molecule has 0 amide bonds. The maximum atomic E-state index is 5.57. The molecule has 0 saturated carbocycles. The van der Waals surface area contributed by atoms with E-state index in [-0.39, 0.29) is 0 Å². The molecule has 0 bridgehead atoms. The van der Waals surface area contributed by atoms with E-state index in [1.165, 1.54) is 0 Å². The van der Waals surface area contributed by atoms with Gasteiger partial charge in [0.15, 0.2) is 5.96 Å². The molecule has 8 nitrogen and oxygen atoms in total. The van der Waals surface area contributed by atoms with Gasteiger partial charge in [-0.15, -0.1) is 0 Å². The third kappa shape index (κ3) is 7.46. The van der Waals surface area contributed by atoms with Gasteiger partial charge in [0.1, 0.15) is 17.3 Å². The molecular formula is C24H36N4O4. The molecule has 1 N–H and O–H groups in total. The van der Waals surface area contributed by atoms with Gasteiger partial charge in [-0.2, -0.15) is 0 Å². The zero-order valence-electron chi connectivity index (χ0n) is 19.5. The summed E-state index contributed by atoms with van der Waals surface area (Å²) in [5.41, 5.74) is 1.07. The van der Waals surface area contributed by atoms with Crippen molar-refractivity contribution in [2.75, 3.05) is 67.2 Å². The molecule has 32 heavy (non-hydrogen) atoms. The van der Waals surface area contributed by atoms with Crippen molar-refractivity contribution in [2.24, 2.45) is 4.99 Å². The lowest BCUT2D eigenvalue weighted by Gasteiger charge is -2.26. The van der Waals surface area contributed by atoms with E-state index in [4.69, 9.17) is 23.6 Å². The minimum atomic E-state index is 0.670. The molecule has 1 aliphatic heterocycles. The standard InChI is InChI=1S/C24H36N4O4/c1-27(19-20-7-8-22(29-2)18-23(20)30-3)24(26-11-9-21-6-4-15-32-21)25-10-5-12-28-13-16-31-17-14-28/h4,6-8,15,18H,5,9-14,16-17,19H2,1-3H3,(H,25,26). The van der Waals surface area contributed by atoms with Crippen LogP contribution in [0.5, 0.6) is 11.5 Å². The van der Waals surface area contributed by atoms with Crippen molar-refractivity contribution in [3.8, 4) is 11.5 Å². The molecule has 1 saturated heterocycles. The van der Waals surface area contributed by atoms with E-state index in [0.29, 0.717) is 6.54 Å². The van der Waals surface area contributed by atoms with Crippen LogP contribution in [0.3, 0.4) is 0 Å². The molecule has 0 aliphatic carbocycles. The summed E-state index contributed by atoms with van der Waals surface area (Å²) >= 11 is 0. The lowest BCUT2D eigenvalue weighted by atomic mass is 10.2. The quantitative estimate of drug-likeness (QED) is 0.325. The molecule has 3 rings (SSSR count). The van der Waals surface area contributed by atoms with E-state index in [2.05, 4.69) is 15.1 Å². The first-order valence-corrected chi connectivity index (χ1v) is 11.2. The van der Waals surface area contributed by atoms with Crippen molar-refractivity contribution in [3.05, 3.63) is 47.9 Å². The Morgan fingerprint density at radius 1 is 1.19 bits per heavy atom. The molecule has 0 spiro atoms. The Labute approximate surface area is 191 Å². The first-order valence-electron chi connectivity index (χ1n) is 11.2. The van der Waals surface area contributed by atoms with E-state index in [0.717, 1.165) is 87.6 Å². The van der Waals surface area contributed by atoms with Crippen molar-refractivity contribution in [1.29, 1.82) is 0 Å². The van der Waals surface area contributed by atoms with Gasteiger partial charge in [0, 0.05) is 64.4 Å². The van der Waals surface area contributed by atoms with E-state index in [1.54, 1.807) is 20.5 Å². The zero-order valence-corrected chi connectivity index (χ0v) is 19.5. The van der Waals surface area contributed by atoms with Crippen molar-refractivity contribution in [2.45, 2.75) is 19.4 Å². The number of nitrogens with zero attached hydrogens (tertiary/aromatic N) is 3. The van der Waals surface area contributed by atoms with Crippen LogP contribution in [-0.2, 0) is 17.7 Å². The van der Waals surface area contributed by atoms with Crippen LogP contribution in [0.2, 0.25) is 0 Å². The molecule has 1 aromatic heterocycles. The number of rotatable bonds is 11. The summed E-state index contributed by atoms with van der Waals surface area (Å²) in [4.78, 5) is 9.46. The van der Waals surface area contributed by atoms with E-state index < -0.39 is 0 Å². The van der Waals surface area contributed by atoms with E-state index >= 15 is 0 Å². The van der Waals surface area contributed by atoms with Crippen molar-refractivity contribution in [3.63, 3.8) is 0 Å². The van der Waals surface area contributed by atoms with Crippen LogP contribution >= 0.6 is 0 Å². The number of morpholine rings is 1. The van der Waals surface area contributed by atoms with Crippen LogP contribution in [0, 0.1) is 0 Å². The molecule has 2 heterocycles. The lowest BCUT2D eigenvalue weighted by Crippen LogP contribution is -2.40. The maximum Gasteiger partial charge on any atom is 0.193 e. The minimum absolute atomic E-state index is 0.670. The predicted octanol–water partition coefficient (Wildman–Crippen LogP) is 2.64. The molecule has 8 heteroatoms. The average Bonchev–Trinajstić information content (AvgIpc) is 3.35. The highest BCUT2D eigenvalue weighted by Crippen LogP contribution is 2.25. The maximum absolute atomic E-state index is 5.57. The van der Waals surface area contributed by atoms with Crippen molar-refractivity contribution < 1.29 is 18.6 Å². The summed E-state index contributed by atoms with van der Waals surface area (Å²) < 4.78 is 21.8. The van der Waals surface area contributed by atoms with Gasteiger partial charge in [0.05, 0.1) is 33.7 Å². The van der Waals surface area contributed by atoms with Crippen LogP contribution in [0.25, 0.3) is 0 Å². The fraction of sp³-hybridized carbons (Fsp3) is 0.542. The number of guanidine groups is 1. The fourth-order valence-corrected chi connectivity index (χ4v) is 3.68. The van der Waals surface area contributed by atoms with Gasteiger partial charge in [-0.3, -0.25) is 9.89 Å². The first kappa shape index (κ1) is 23.9. The first-order chi connectivity index (χ1) is 15.7. The Morgan fingerprint density at radius 2 is 2.03 bits per heavy atom. The minimum Gasteiger partial charge on any atom is -0.497 e. The van der Waals surface area contributed by atoms with Crippen LogP contribution < -0.4 is 14.8 Å². The highest BCUT2D eigenvalue weighted by atomic mass is 16.5. The SMILES string of the molecule is COc1ccc(CN(C)C(=NCCCN2CCOCC2)NCCc2ccco2)c(OC)c1. The topological polar surface area (TPSA) is 71.7 Å². The largest absolute Gasteiger partial charge is 0.497 e. The average molecular weight is 445 g/mol. The Kier molecular flexibility index (Phi) is 9.71.